The maximum Gasteiger partial charge on any atom is 0.339 e. The Morgan fingerprint density at radius 3 is 2.29 bits per heavy atom. The van der Waals surface area contributed by atoms with Crippen molar-refractivity contribution in [3.63, 3.8) is 0 Å². The number of benzene rings is 2. The number of esters is 1. The lowest BCUT2D eigenvalue weighted by Gasteiger charge is -2.14. The van der Waals surface area contributed by atoms with E-state index in [0.717, 1.165) is 5.56 Å². The quantitative estimate of drug-likeness (QED) is 0.436. The van der Waals surface area contributed by atoms with E-state index >= 15 is 0 Å². The van der Waals surface area contributed by atoms with Crippen LogP contribution in [0.2, 0.25) is 0 Å². The Balaban J connectivity index is 1.76. The van der Waals surface area contributed by atoms with E-state index in [2.05, 4.69) is 18.4 Å². The zero-order valence-electron chi connectivity index (χ0n) is 13.5. The van der Waals surface area contributed by atoms with Crippen LogP contribution in [-0.2, 0) is 9.47 Å². The predicted octanol–water partition coefficient (Wildman–Crippen LogP) is 4.18. The van der Waals surface area contributed by atoms with Crippen molar-refractivity contribution in [3.05, 3.63) is 84.4 Å². The van der Waals surface area contributed by atoms with Gasteiger partial charge in [0.25, 0.3) is 0 Å². The second kappa shape index (κ2) is 10.0. The molecule has 1 unspecified atom stereocenters. The van der Waals surface area contributed by atoms with Crippen molar-refractivity contribution in [3.8, 4) is 11.8 Å². The zero-order chi connectivity index (χ0) is 17.0. The summed E-state index contributed by atoms with van der Waals surface area (Å²) in [7, 11) is 0. The molecular formula is C21H20O3. The van der Waals surface area contributed by atoms with Crippen LogP contribution in [0.3, 0.4) is 0 Å². The van der Waals surface area contributed by atoms with E-state index in [-0.39, 0.29) is 25.3 Å². The standard InChI is InChI=1S/C21H20O3/c1-2-11-20(18-12-5-3-6-13-18)23-16-9-10-17-24-21(22)19-14-7-4-8-15-19/h2-8,12-15,20H,1,11,16-17H2. The SMILES string of the molecule is C=CCC(OCC#CCOC(=O)c1ccccc1)c1ccccc1. The molecule has 0 aliphatic rings. The van der Waals surface area contributed by atoms with Crippen LogP contribution in [0.5, 0.6) is 0 Å². The molecule has 2 aromatic carbocycles. The van der Waals surface area contributed by atoms with Crippen molar-refractivity contribution >= 4 is 5.97 Å². The van der Waals surface area contributed by atoms with Crippen molar-refractivity contribution < 1.29 is 14.3 Å². The highest BCUT2D eigenvalue weighted by molar-refractivity contribution is 5.89. The monoisotopic (exact) mass is 320 g/mol. The molecule has 3 heteroatoms. The van der Waals surface area contributed by atoms with Gasteiger partial charge >= 0.3 is 5.97 Å². The minimum atomic E-state index is -0.375. The second-order valence-corrected chi connectivity index (χ2v) is 5.03. The Morgan fingerprint density at radius 2 is 1.62 bits per heavy atom. The normalized spacial score (nSPS) is 11.0. The van der Waals surface area contributed by atoms with Crippen LogP contribution in [0.1, 0.15) is 28.4 Å². The van der Waals surface area contributed by atoms with Gasteiger partial charge in [0.2, 0.25) is 0 Å². The van der Waals surface area contributed by atoms with E-state index in [1.807, 2.05) is 42.5 Å². The van der Waals surface area contributed by atoms with E-state index in [1.165, 1.54) is 0 Å². The summed E-state index contributed by atoms with van der Waals surface area (Å²) in [5.74, 6) is 5.28. The van der Waals surface area contributed by atoms with Crippen molar-refractivity contribution in [1.29, 1.82) is 0 Å². The fourth-order valence-electron chi connectivity index (χ4n) is 2.12. The molecule has 0 N–H and O–H groups in total. The van der Waals surface area contributed by atoms with Gasteiger partial charge in [-0.05, 0) is 24.1 Å². The molecule has 0 heterocycles. The number of ether oxygens (including phenoxy) is 2. The molecule has 0 amide bonds. The first-order valence-electron chi connectivity index (χ1n) is 7.76. The molecular weight excluding hydrogens is 300 g/mol. The Hall–Kier alpha value is -2.83. The van der Waals surface area contributed by atoms with Crippen LogP contribution >= 0.6 is 0 Å². The average molecular weight is 320 g/mol. The fraction of sp³-hybridized carbons (Fsp3) is 0.190. The maximum atomic E-state index is 11.7. The number of hydrogen-bond donors (Lipinski definition) is 0. The van der Waals surface area contributed by atoms with Gasteiger partial charge in [0.05, 0.1) is 11.7 Å². The Morgan fingerprint density at radius 1 is 1.00 bits per heavy atom. The van der Waals surface area contributed by atoms with Crippen molar-refractivity contribution in [2.45, 2.75) is 12.5 Å². The Labute approximate surface area is 142 Å². The molecule has 24 heavy (non-hydrogen) atoms. The minimum absolute atomic E-state index is 0.0501. The lowest BCUT2D eigenvalue weighted by Crippen LogP contribution is -2.06. The van der Waals surface area contributed by atoms with Crippen LogP contribution in [0, 0.1) is 11.8 Å². The lowest BCUT2D eigenvalue weighted by molar-refractivity contribution is 0.0555. The minimum Gasteiger partial charge on any atom is -0.449 e. The Kier molecular flexibility index (Phi) is 7.33. The third-order valence-corrected chi connectivity index (χ3v) is 3.32. The third kappa shape index (κ3) is 5.75. The number of rotatable bonds is 7. The van der Waals surface area contributed by atoms with Gasteiger partial charge in [0.1, 0.15) is 6.61 Å². The first-order chi connectivity index (χ1) is 11.8. The summed E-state index contributed by atoms with van der Waals surface area (Å²) in [5.41, 5.74) is 1.61. The molecule has 0 saturated heterocycles. The lowest BCUT2D eigenvalue weighted by atomic mass is 10.1. The molecule has 0 spiro atoms. The van der Waals surface area contributed by atoms with E-state index in [0.29, 0.717) is 12.0 Å². The molecule has 0 fully saturated rings. The largest absolute Gasteiger partial charge is 0.449 e. The smallest absolute Gasteiger partial charge is 0.339 e. The summed E-state index contributed by atoms with van der Waals surface area (Å²) in [4.78, 5) is 11.7. The summed E-state index contributed by atoms with van der Waals surface area (Å²) >= 11 is 0. The summed E-state index contributed by atoms with van der Waals surface area (Å²) in [6, 6.07) is 18.8. The molecule has 2 aromatic rings. The fourth-order valence-corrected chi connectivity index (χ4v) is 2.12. The van der Waals surface area contributed by atoms with Crippen LogP contribution < -0.4 is 0 Å². The van der Waals surface area contributed by atoms with Gasteiger partial charge in [0, 0.05) is 0 Å². The van der Waals surface area contributed by atoms with E-state index in [9.17, 15) is 4.79 Å². The van der Waals surface area contributed by atoms with Crippen LogP contribution in [0.25, 0.3) is 0 Å². The van der Waals surface area contributed by atoms with E-state index < -0.39 is 0 Å². The van der Waals surface area contributed by atoms with Crippen LogP contribution in [0.4, 0.5) is 0 Å². The highest BCUT2D eigenvalue weighted by atomic mass is 16.5. The van der Waals surface area contributed by atoms with E-state index in [1.54, 1.807) is 24.3 Å². The van der Waals surface area contributed by atoms with Gasteiger partial charge in [-0.3, -0.25) is 0 Å². The summed E-state index contributed by atoms with van der Waals surface area (Å²) < 4.78 is 10.9. The maximum absolute atomic E-state index is 11.7. The highest BCUT2D eigenvalue weighted by Gasteiger charge is 2.08. The summed E-state index contributed by atoms with van der Waals surface area (Å²) in [6.45, 7) is 4.08. The molecule has 2 rings (SSSR count). The number of hydrogen-bond acceptors (Lipinski definition) is 3. The topological polar surface area (TPSA) is 35.5 Å². The molecule has 1 atom stereocenters. The molecule has 0 bridgehead atoms. The van der Waals surface area contributed by atoms with Gasteiger partial charge in [-0.1, -0.05) is 66.4 Å². The van der Waals surface area contributed by atoms with Crippen LogP contribution in [0.15, 0.2) is 73.3 Å². The highest BCUT2D eigenvalue weighted by Crippen LogP contribution is 2.20. The molecule has 0 radical (unpaired) electrons. The molecule has 0 saturated carbocycles. The summed E-state index contributed by atoms with van der Waals surface area (Å²) in [6.07, 6.45) is 2.48. The van der Waals surface area contributed by atoms with Crippen molar-refractivity contribution in [1.82, 2.24) is 0 Å². The number of carbonyl (C=O) groups excluding carboxylic acids is 1. The number of carbonyl (C=O) groups is 1. The van der Waals surface area contributed by atoms with E-state index in [4.69, 9.17) is 9.47 Å². The zero-order valence-corrected chi connectivity index (χ0v) is 13.5. The van der Waals surface area contributed by atoms with Gasteiger partial charge < -0.3 is 9.47 Å². The Bertz CT molecular complexity index is 696. The van der Waals surface area contributed by atoms with Gasteiger partial charge in [-0.25, -0.2) is 4.79 Å². The van der Waals surface area contributed by atoms with Crippen molar-refractivity contribution in [2.75, 3.05) is 13.2 Å². The summed E-state index contributed by atoms with van der Waals surface area (Å²) in [5, 5.41) is 0. The second-order valence-electron chi connectivity index (χ2n) is 5.03. The first-order valence-corrected chi connectivity index (χ1v) is 7.76. The third-order valence-electron chi connectivity index (χ3n) is 3.32. The van der Waals surface area contributed by atoms with Crippen LogP contribution in [-0.4, -0.2) is 19.2 Å². The van der Waals surface area contributed by atoms with Gasteiger partial charge in [-0.2, -0.15) is 0 Å². The predicted molar refractivity (Wildman–Crippen MR) is 94.4 cm³/mol. The van der Waals surface area contributed by atoms with Gasteiger partial charge in [0.15, 0.2) is 6.61 Å². The van der Waals surface area contributed by atoms with Crippen molar-refractivity contribution in [2.24, 2.45) is 0 Å². The molecule has 3 nitrogen and oxygen atoms in total. The average Bonchev–Trinajstić information content (AvgIpc) is 2.65. The first kappa shape index (κ1) is 17.5. The van der Waals surface area contributed by atoms with Gasteiger partial charge in [-0.15, -0.1) is 6.58 Å². The molecule has 0 aromatic heterocycles. The molecule has 0 aliphatic carbocycles. The molecule has 0 aliphatic heterocycles. The molecule has 122 valence electrons.